The second-order valence-electron chi connectivity index (χ2n) is 3.15. The van der Waals surface area contributed by atoms with E-state index in [2.05, 4.69) is 41.1 Å². The summed E-state index contributed by atoms with van der Waals surface area (Å²) in [5.41, 5.74) is 1.24. The van der Waals surface area contributed by atoms with E-state index in [1.807, 2.05) is 19.9 Å². The normalized spacial score (nSPS) is 14.3. The van der Waals surface area contributed by atoms with E-state index in [1.165, 1.54) is 5.56 Å². The van der Waals surface area contributed by atoms with Crippen LogP contribution in [-0.4, -0.2) is 30.4 Å². The van der Waals surface area contributed by atoms with E-state index in [1.54, 1.807) is 0 Å². The third-order valence-electron chi connectivity index (χ3n) is 2.34. The topological polar surface area (TPSA) is 15.6 Å². The Bertz CT molecular complexity index is 304. The van der Waals surface area contributed by atoms with Crippen molar-refractivity contribution in [1.29, 1.82) is 0 Å². The molecule has 1 aliphatic heterocycles. The Hall–Kier alpha value is -1.31. The van der Waals surface area contributed by atoms with Gasteiger partial charge in [0.15, 0.2) is 0 Å². The summed E-state index contributed by atoms with van der Waals surface area (Å²) >= 11 is 0. The molecule has 1 heterocycles. The van der Waals surface area contributed by atoms with E-state index in [-0.39, 0.29) is 0 Å². The fourth-order valence-electron chi connectivity index (χ4n) is 1.65. The van der Waals surface area contributed by atoms with Crippen molar-refractivity contribution >= 4 is 5.84 Å². The second kappa shape index (κ2) is 6.23. The van der Waals surface area contributed by atoms with Gasteiger partial charge in [-0.3, -0.25) is 4.99 Å². The van der Waals surface area contributed by atoms with Gasteiger partial charge in [0.2, 0.25) is 0 Å². The largest absolute Gasteiger partial charge is 0.355 e. The molecule has 82 valence electrons. The molecule has 0 radical (unpaired) electrons. The van der Waals surface area contributed by atoms with Gasteiger partial charge in [-0.1, -0.05) is 44.2 Å². The molecule has 0 unspecified atom stereocenters. The van der Waals surface area contributed by atoms with Crippen LogP contribution in [0.2, 0.25) is 0 Å². The smallest absolute Gasteiger partial charge is 0.131 e. The predicted molar refractivity (Wildman–Crippen MR) is 66.4 cm³/mol. The molecule has 0 spiro atoms. The van der Waals surface area contributed by atoms with Gasteiger partial charge in [0, 0.05) is 18.7 Å². The van der Waals surface area contributed by atoms with E-state index >= 15 is 0 Å². The fraction of sp³-hybridized carbons (Fsp3) is 0.462. The first-order chi connectivity index (χ1) is 7.42. The van der Waals surface area contributed by atoms with Crippen molar-refractivity contribution < 1.29 is 0 Å². The van der Waals surface area contributed by atoms with Crippen LogP contribution < -0.4 is 0 Å². The van der Waals surface area contributed by atoms with Crippen molar-refractivity contribution in [2.45, 2.75) is 20.8 Å². The summed E-state index contributed by atoms with van der Waals surface area (Å²) in [7, 11) is 0. The maximum absolute atomic E-state index is 4.50. The second-order valence-corrected chi connectivity index (χ2v) is 3.15. The minimum atomic E-state index is 0.943. The molecule has 0 saturated heterocycles. The van der Waals surface area contributed by atoms with Crippen LogP contribution in [0.15, 0.2) is 35.3 Å². The van der Waals surface area contributed by atoms with Gasteiger partial charge >= 0.3 is 0 Å². The van der Waals surface area contributed by atoms with Gasteiger partial charge in [0.1, 0.15) is 5.84 Å². The molecule has 2 heteroatoms. The molecule has 1 aliphatic rings. The van der Waals surface area contributed by atoms with Crippen molar-refractivity contribution in [2.24, 2.45) is 4.99 Å². The summed E-state index contributed by atoms with van der Waals surface area (Å²) in [6.45, 7) is 9.23. The Morgan fingerprint density at radius 1 is 1.20 bits per heavy atom. The summed E-state index contributed by atoms with van der Waals surface area (Å²) in [5, 5.41) is 0. The third kappa shape index (κ3) is 2.82. The van der Waals surface area contributed by atoms with Gasteiger partial charge in [-0.05, 0) is 6.92 Å². The summed E-state index contributed by atoms with van der Waals surface area (Å²) < 4.78 is 0. The number of rotatable bonds is 2. The average molecular weight is 204 g/mol. The van der Waals surface area contributed by atoms with E-state index in [0.29, 0.717) is 0 Å². The summed E-state index contributed by atoms with van der Waals surface area (Å²) in [6.07, 6.45) is 0. The highest BCUT2D eigenvalue weighted by molar-refractivity contribution is 5.99. The molecular weight excluding hydrogens is 184 g/mol. The van der Waals surface area contributed by atoms with Crippen molar-refractivity contribution in [3.63, 3.8) is 0 Å². The minimum Gasteiger partial charge on any atom is -0.355 e. The van der Waals surface area contributed by atoms with Gasteiger partial charge in [0.25, 0.3) is 0 Å². The van der Waals surface area contributed by atoms with Crippen LogP contribution in [0.5, 0.6) is 0 Å². The van der Waals surface area contributed by atoms with Crippen LogP contribution in [-0.2, 0) is 0 Å². The zero-order valence-electron chi connectivity index (χ0n) is 9.90. The first-order valence-corrected chi connectivity index (χ1v) is 5.76. The number of nitrogens with zero attached hydrogens (tertiary/aromatic N) is 2. The Morgan fingerprint density at radius 2 is 1.87 bits per heavy atom. The quantitative estimate of drug-likeness (QED) is 0.723. The molecule has 0 aromatic heterocycles. The van der Waals surface area contributed by atoms with Gasteiger partial charge < -0.3 is 4.90 Å². The van der Waals surface area contributed by atoms with E-state index in [0.717, 1.165) is 25.5 Å². The molecule has 2 rings (SSSR count). The lowest BCUT2D eigenvalue weighted by atomic mass is 10.2. The maximum Gasteiger partial charge on any atom is 0.131 e. The van der Waals surface area contributed by atoms with Gasteiger partial charge in [-0.15, -0.1) is 0 Å². The lowest BCUT2D eigenvalue weighted by Gasteiger charge is -2.17. The number of benzene rings is 1. The molecule has 1 aromatic carbocycles. The van der Waals surface area contributed by atoms with E-state index in [9.17, 15) is 0 Å². The van der Waals surface area contributed by atoms with Crippen LogP contribution in [0.1, 0.15) is 26.3 Å². The van der Waals surface area contributed by atoms with Gasteiger partial charge in [-0.25, -0.2) is 0 Å². The first-order valence-electron chi connectivity index (χ1n) is 5.76. The Balaban J connectivity index is 0.000000531. The Kier molecular flexibility index (Phi) is 4.88. The molecule has 0 saturated carbocycles. The number of hydrogen-bond donors (Lipinski definition) is 0. The van der Waals surface area contributed by atoms with E-state index < -0.39 is 0 Å². The van der Waals surface area contributed by atoms with Crippen LogP contribution in [0.25, 0.3) is 0 Å². The van der Waals surface area contributed by atoms with Crippen molar-refractivity contribution in [2.75, 3.05) is 19.6 Å². The van der Waals surface area contributed by atoms with Crippen molar-refractivity contribution in [3.8, 4) is 0 Å². The third-order valence-corrected chi connectivity index (χ3v) is 2.34. The van der Waals surface area contributed by atoms with Crippen molar-refractivity contribution in [3.05, 3.63) is 35.9 Å². The monoisotopic (exact) mass is 204 g/mol. The zero-order valence-corrected chi connectivity index (χ0v) is 9.90. The number of amidine groups is 1. The molecule has 0 fully saturated rings. The van der Waals surface area contributed by atoms with Crippen molar-refractivity contribution in [1.82, 2.24) is 4.90 Å². The molecule has 0 bridgehead atoms. The summed E-state index contributed by atoms with van der Waals surface area (Å²) in [4.78, 5) is 6.82. The summed E-state index contributed by atoms with van der Waals surface area (Å²) in [6, 6.07) is 10.4. The number of likely N-dealkylation sites (N-methyl/N-ethyl adjacent to an activating group) is 1. The molecule has 15 heavy (non-hydrogen) atoms. The average Bonchev–Trinajstić information content (AvgIpc) is 2.81. The molecule has 0 atom stereocenters. The number of aliphatic imine (C=N–C) groups is 1. The van der Waals surface area contributed by atoms with Crippen LogP contribution in [0.4, 0.5) is 0 Å². The summed E-state index contributed by atoms with van der Waals surface area (Å²) in [5.74, 6) is 1.16. The standard InChI is InChI=1S/C11H14N2.C2H6/c1-2-13-9-8-12-11(13)10-6-4-3-5-7-10;1-2/h3-7H,2,8-9H2,1H3;1-2H3. The first kappa shape index (κ1) is 11.8. The van der Waals surface area contributed by atoms with Crippen LogP contribution >= 0.6 is 0 Å². The molecule has 2 nitrogen and oxygen atoms in total. The molecule has 0 aliphatic carbocycles. The zero-order chi connectivity index (χ0) is 11.1. The highest BCUT2D eigenvalue weighted by Gasteiger charge is 2.15. The Labute approximate surface area is 92.6 Å². The van der Waals surface area contributed by atoms with Crippen LogP contribution in [0, 0.1) is 0 Å². The molecule has 0 amide bonds. The molecule has 1 aromatic rings. The lowest BCUT2D eigenvalue weighted by molar-refractivity contribution is 0.484. The van der Waals surface area contributed by atoms with Gasteiger partial charge in [-0.2, -0.15) is 0 Å². The van der Waals surface area contributed by atoms with Crippen LogP contribution in [0.3, 0.4) is 0 Å². The lowest BCUT2D eigenvalue weighted by Crippen LogP contribution is -2.27. The minimum absolute atomic E-state index is 0.943. The molecular formula is C13H20N2. The SMILES string of the molecule is CC.CCN1CCN=C1c1ccccc1. The number of hydrogen-bond acceptors (Lipinski definition) is 2. The highest BCUT2D eigenvalue weighted by atomic mass is 15.2. The molecule has 0 N–H and O–H groups in total. The predicted octanol–water partition coefficient (Wildman–Crippen LogP) is 2.79. The maximum atomic E-state index is 4.50. The van der Waals surface area contributed by atoms with E-state index in [4.69, 9.17) is 0 Å². The Morgan fingerprint density at radius 3 is 2.47 bits per heavy atom. The van der Waals surface area contributed by atoms with Gasteiger partial charge in [0.05, 0.1) is 6.54 Å². The highest BCUT2D eigenvalue weighted by Crippen LogP contribution is 2.10. The fourth-order valence-corrected chi connectivity index (χ4v) is 1.65.